The SMILES string of the molecule is [C-]#[N+]c1cnc(NC2=NCC(c3ccc(O[C@@H](C)CC)cc3I)=C2)cn1. The van der Waals surface area contributed by atoms with E-state index >= 15 is 0 Å². The molecule has 132 valence electrons. The first-order valence-corrected chi connectivity index (χ1v) is 9.35. The predicted octanol–water partition coefficient (Wildman–Crippen LogP) is 4.72. The molecule has 1 atom stereocenters. The van der Waals surface area contributed by atoms with Gasteiger partial charge >= 0.3 is 0 Å². The van der Waals surface area contributed by atoms with Gasteiger partial charge in [0.25, 0.3) is 5.82 Å². The second kappa shape index (κ2) is 8.27. The minimum atomic E-state index is 0.205. The number of anilines is 1. The second-order valence-electron chi connectivity index (χ2n) is 5.85. The van der Waals surface area contributed by atoms with Crippen LogP contribution in [0.3, 0.4) is 0 Å². The van der Waals surface area contributed by atoms with Crippen molar-refractivity contribution in [1.82, 2.24) is 9.97 Å². The Kier molecular flexibility index (Phi) is 5.83. The van der Waals surface area contributed by atoms with E-state index in [0.717, 1.165) is 32.7 Å². The van der Waals surface area contributed by atoms with E-state index in [2.05, 4.69) is 73.7 Å². The highest BCUT2D eigenvalue weighted by Crippen LogP contribution is 2.28. The Balaban J connectivity index is 1.71. The maximum absolute atomic E-state index is 6.90. The van der Waals surface area contributed by atoms with Gasteiger partial charge in [-0.05, 0) is 71.3 Å². The number of benzene rings is 1. The zero-order valence-corrected chi connectivity index (χ0v) is 16.7. The summed E-state index contributed by atoms with van der Waals surface area (Å²) in [6.07, 6.45) is 6.17. The van der Waals surface area contributed by atoms with Gasteiger partial charge in [0.05, 0.1) is 18.8 Å². The van der Waals surface area contributed by atoms with E-state index in [1.165, 1.54) is 12.4 Å². The van der Waals surface area contributed by atoms with E-state index in [1.807, 2.05) is 12.1 Å². The molecule has 0 fully saturated rings. The molecular formula is C19H18IN5O. The Morgan fingerprint density at radius 2 is 2.19 bits per heavy atom. The first kappa shape index (κ1) is 18.3. The quantitative estimate of drug-likeness (QED) is 0.520. The van der Waals surface area contributed by atoms with Gasteiger partial charge in [0.2, 0.25) is 0 Å². The Labute approximate surface area is 166 Å². The van der Waals surface area contributed by atoms with E-state index in [-0.39, 0.29) is 11.9 Å². The highest BCUT2D eigenvalue weighted by molar-refractivity contribution is 14.1. The highest BCUT2D eigenvalue weighted by Gasteiger charge is 2.15. The van der Waals surface area contributed by atoms with Crippen LogP contribution in [-0.4, -0.2) is 28.5 Å². The first-order valence-electron chi connectivity index (χ1n) is 8.27. The number of rotatable bonds is 5. The van der Waals surface area contributed by atoms with E-state index in [1.54, 1.807) is 0 Å². The van der Waals surface area contributed by atoms with Gasteiger partial charge in [0.15, 0.2) is 12.0 Å². The van der Waals surface area contributed by atoms with Crippen molar-refractivity contribution in [3.63, 3.8) is 0 Å². The summed E-state index contributed by atoms with van der Waals surface area (Å²) in [7, 11) is 0. The lowest BCUT2D eigenvalue weighted by Gasteiger charge is -2.14. The molecule has 7 heteroatoms. The van der Waals surface area contributed by atoms with Gasteiger partial charge in [-0.15, -0.1) is 4.98 Å². The van der Waals surface area contributed by atoms with Crippen LogP contribution in [0.15, 0.2) is 41.7 Å². The maximum atomic E-state index is 6.90. The minimum Gasteiger partial charge on any atom is -0.491 e. The molecule has 26 heavy (non-hydrogen) atoms. The van der Waals surface area contributed by atoms with Crippen LogP contribution in [0.25, 0.3) is 10.4 Å². The van der Waals surface area contributed by atoms with Crippen molar-refractivity contribution in [3.8, 4) is 5.75 Å². The summed E-state index contributed by atoms with van der Waals surface area (Å²) < 4.78 is 7.01. The number of aliphatic imine (C=N–C) groups is 1. The molecule has 0 bridgehead atoms. The lowest BCUT2D eigenvalue weighted by molar-refractivity contribution is 0.217. The molecule has 0 radical (unpaired) electrons. The Morgan fingerprint density at radius 3 is 2.85 bits per heavy atom. The zero-order valence-electron chi connectivity index (χ0n) is 14.5. The van der Waals surface area contributed by atoms with Crippen molar-refractivity contribution in [3.05, 3.63) is 57.2 Å². The second-order valence-corrected chi connectivity index (χ2v) is 7.01. The summed E-state index contributed by atoms with van der Waals surface area (Å²) in [6.45, 7) is 11.7. The molecule has 2 heterocycles. The van der Waals surface area contributed by atoms with Crippen LogP contribution in [0.1, 0.15) is 25.8 Å². The van der Waals surface area contributed by atoms with Gasteiger partial charge in [-0.1, -0.05) is 13.5 Å². The van der Waals surface area contributed by atoms with Crippen LogP contribution >= 0.6 is 22.6 Å². The topological polar surface area (TPSA) is 63.8 Å². The molecule has 2 aromatic rings. The average molecular weight is 459 g/mol. The molecule has 1 aromatic heterocycles. The third kappa shape index (κ3) is 4.38. The van der Waals surface area contributed by atoms with Gasteiger partial charge in [-0.2, -0.15) is 0 Å². The van der Waals surface area contributed by atoms with Gasteiger partial charge in [-0.25, -0.2) is 4.98 Å². The number of ether oxygens (including phenoxy) is 1. The normalized spacial score (nSPS) is 14.2. The standard InChI is InChI=1S/C19H18IN5O/c1-4-12(2)26-14-5-6-15(16(20)8-14)13-7-17(22-9-13)25-19-11-23-18(21-3)10-24-19/h5-8,10-12H,4,9H2,1-2H3,(H,22,24,25)/t12-/m0/s1. The van der Waals surface area contributed by atoms with Crippen LogP contribution in [0.2, 0.25) is 0 Å². The summed E-state index contributed by atoms with van der Waals surface area (Å²) in [5, 5.41) is 3.13. The van der Waals surface area contributed by atoms with Crippen molar-refractivity contribution in [2.24, 2.45) is 4.99 Å². The van der Waals surface area contributed by atoms with Gasteiger partial charge in [0.1, 0.15) is 11.6 Å². The summed E-state index contributed by atoms with van der Waals surface area (Å²) in [6, 6.07) is 6.14. The molecule has 1 aliphatic heterocycles. The molecule has 0 spiro atoms. The number of nitrogens with one attached hydrogen (secondary N) is 1. The van der Waals surface area contributed by atoms with Gasteiger partial charge in [-0.3, -0.25) is 4.99 Å². The minimum absolute atomic E-state index is 0.205. The Hall–Kier alpha value is -2.47. The molecule has 0 saturated carbocycles. The number of nitrogens with zero attached hydrogens (tertiary/aromatic N) is 4. The Morgan fingerprint density at radius 1 is 1.35 bits per heavy atom. The largest absolute Gasteiger partial charge is 0.491 e. The van der Waals surface area contributed by atoms with Crippen LogP contribution in [-0.2, 0) is 0 Å². The number of amidine groups is 1. The van der Waals surface area contributed by atoms with Crippen molar-refractivity contribution >= 4 is 45.6 Å². The van der Waals surface area contributed by atoms with E-state index in [0.29, 0.717) is 12.4 Å². The third-order valence-electron chi connectivity index (χ3n) is 3.94. The number of hydrogen-bond acceptors (Lipinski definition) is 5. The summed E-state index contributed by atoms with van der Waals surface area (Å²) in [5.74, 6) is 2.47. The molecule has 1 aliphatic rings. The fourth-order valence-electron chi connectivity index (χ4n) is 2.39. The van der Waals surface area contributed by atoms with Crippen LogP contribution < -0.4 is 10.1 Å². The van der Waals surface area contributed by atoms with Crippen molar-refractivity contribution in [2.75, 3.05) is 11.9 Å². The molecule has 3 rings (SSSR count). The molecule has 6 nitrogen and oxygen atoms in total. The number of hydrogen-bond donors (Lipinski definition) is 1. The van der Waals surface area contributed by atoms with Crippen molar-refractivity contribution < 1.29 is 4.74 Å². The van der Waals surface area contributed by atoms with Crippen molar-refractivity contribution in [1.29, 1.82) is 0 Å². The van der Waals surface area contributed by atoms with E-state index in [4.69, 9.17) is 11.3 Å². The van der Waals surface area contributed by atoms with Crippen LogP contribution in [0.5, 0.6) is 5.75 Å². The predicted molar refractivity (Wildman–Crippen MR) is 112 cm³/mol. The zero-order chi connectivity index (χ0) is 18.5. The van der Waals surface area contributed by atoms with Gasteiger partial charge < -0.3 is 14.9 Å². The van der Waals surface area contributed by atoms with Crippen LogP contribution in [0.4, 0.5) is 11.6 Å². The van der Waals surface area contributed by atoms with Gasteiger partial charge in [0, 0.05) is 3.57 Å². The molecule has 1 aromatic carbocycles. The summed E-state index contributed by atoms with van der Waals surface area (Å²) >= 11 is 2.33. The number of halogens is 1. The summed E-state index contributed by atoms with van der Waals surface area (Å²) in [4.78, 5) is 15.9. The average Bonchev–Trinajstić information content (AvgIpc) is 3.10. The smallest absolute Gasteiger partial charge is 0.288 e. The Bertz CT molecular complexity index is 899. The summed E-state index contributed by atoms with van der Waals surface area (Å²) in [5.41, 5.74) is 2.29. The van der Waals surface area contributed by atoms with Crippen LogP contribution in [0, 0.1) is 10.1 Å². The highest BCUT2D eigenvalue weighted by atomic mass is 127. The monoisotopic (exact) mass is 459 g/mol. The molecular weight excluding hydrogens is 441 g/mol. The fourth-order valence-corrected chi connectivity index (χ4v) is 3.22. The molecule has 0 saturated heterocycles. The lowest BCUT2D eigenvalue weighted by Crippen LogP contribution is -2.10. The molecule has 0 amide bonds. The fraction of sp³-hybridized carbons (Fsp3) is 0.263. The lowest BCUT2D eigenvalue weighted by atomic mass is 10.1. The molecule has 1 N–H and O–H groups in total. The molecule has 0 unspecified atom stereocenters. The van der Waals surface area contributed by atoms with Crippen molar-refractivity contribution in [2.45, 2.75) is 26.4 Å². The third-order valence-corrected chi connectivity index (χ3v) is 4.83. The van der Waals surface area contributed by atoms with E-state index in [9.17, 15) is 0 Å². The molecule has 0 aliphatic carbocycles. The number of aromatic nitrogens is 2. The maximum Gasteiger partial charge on any atom is 0.288 e. The van der Waals surface area contributed by atoms with E-state index < -0.39 is 0 Å². The first-order chi connectivity index (χ1) is 12.6.